The number of benzene rings is 1. The molecule has 1 aromatic heterocycles. The molecule has 108 valence electrons. The van der Waals surface area contributed by atoms with E-state index in [9.17, 15) is 4.79 Å². The Balaban J connectivity index is 1.58. The van der Waals surface area contributed by atoms with Crippen LogP contribution in [0.25, 0.3) is 10.9 Å². The SMILES string of the molecule is O=C(c1ccc2ncccc2c1)N1CCC2CNCC2C1. The van der Waals surface area contributed by atoms with Gasteiger partial charge in [-0.15, -0.1) is 0 Å². The summed E-state index contributed by atoms with van der Waals surface area (Å²) in [6.45, 7) is 3.94. The fourth-order valence-electron chi connectivity index (χ4n) is 3.61. The third-order valence-corrected chi connectivity index (χ3v) is 4.84. The summed E-state index contributed by atoms with van der Waals surface area (Å²) >= 11 is 0. The fraction of sp³-hybridized carbons (Fsp3) is 0.412. The molecule has 21 heavy (non-hydrogen) atoms. The molecule has 1 amide bonds. The van der Waals surface area contributed by atoms with Crippen LogP contribution < -0.4 is 5.32 Å². The van der Waals surface area contributed by atoms with Gasteiger partial charge in [0, 0.05) is 30.2 Å². The van der Waals surface area contributed by atoms with Crippen molar-refractivity contribution in [2.75, 3.05) is 26.2 Å². The Kier molecular flexibility index (Phi) is 3.11. The van der Waals surface area contributed by atoms with Crippen molar-refractivity contribution < 1.29 is 4.79 Å². The molecular weight excluding hydrogens is 262 g/mol. The molecule has 0 saturated carbocycles. The highest BCUT2D eigenvalue weighted by molar-refractivity contribution is 5.98. The van der Waals surface area contributed by atoms with Crippen LogP contribution >= 0.6 is 0 Å². The molecule has 2 aliphatic heterocycles. The molecule has 1 N–H and O–H groups in total. The lowest BCUT2D eigenvalue weighted by Gasteiger charge is -2.34. The highest BCUT2D eigenvalue weighted by Crippen LogP contribution is 2.27. The van der Waals surface area contributed by atoms with Crippen molar-refractivity contribution in [3.05, 3.63) is 42.1 Å². The number of carbonyl (C=O) groups is 1. The Labute approximate surface area is 124 Å². The first-order chi connectivity index (χ1) is 10.3. The largest absolute Gasteiger partial charge is 0.338 e. The van der Waals surface area contributed by atoms with Gasteiger partial charge in [-0.1, -0.05) is 6.07 Å². The monoisotopic (exact) mass is 281 g/mol. The number of hydrogen-bond acceptors (Lipinski definition) is 3. The first kappa shape index (κ1) is 12.8. The van der Waals surface area contributed by atoms with Gasteiger partial charge in [0.25, 0.3) is 5.91 Å². The van der Waals surface area contributed by atoms with E-state index in [1.54, 1.807) is 6.20 Å². The summed E-state index contributed by atoms with van der Waals surface area (Å²) in [5, 5.41) is 4.47. The summed E-state index contributed by atoms with van der Waals surface area (Å²) in [6.07, 6.45) is 2.90. The summed E-state index contributed by atoms with van der Waals surface area (Å²) in [6, 6.07) is 9.71. The van der Waals surface area contributed by atoms with E-state index in [0.29, 0.717) is 5.92 Å². The van der Waals surface area contributed by atoms with Crippen molar-refractivity contribution in [1.82, 2.24) is 15.2 Å². The number of amides is 1. The van der Waals surface area contributed by atoms with Gasteiger partial charge in [-0.3, -0.25) is 9.78 Å². The quantitative estimate of drug-likeness (QED) is 0.868. The predicted molar refractivity (Wildman–Crippen MR) is 82.1 cm³/mol. The number of nitrogens with zero attached hydrogens (tertiary/aromatic N) is 2. The maximum absolute atomic E-state index is 12.7. The number of aromatic nitrogens is 1. The van der Waals surface area contributed by atoms with E-state index < -0.39 is 0 Å². The molecule has 2 aliphatic rings. The summed E-state index contributed by atoms with van der Waals surface area (Å²) in [5.74, 6) is 1.55. The molecule has 4 rings (SSSR count). The van der Waals surface area contributed by atoms with Gasteiger partial charge < -0.3 is 10.2 Å². The molecule has 0 radical (unpaired) electrons. The van der Waals surface area contributed by atoms with E-state index in [1.165, 1.54) is 0 Å². The molecule has 0 bridgehead atoms. The van der Waals surface area contributed by atoms with Crippen LogP contribution in [0.15, 0.2) is 36.5 Å². The first-order valence-corrected chi connectivity index (χ1v) is 7.66. The second-order valence-electron chi connectivity index (χ2n) is 6.13. The molecule has 0 spiro atoms. The molecule has 0 aliphatic carbocycles. The van der Waals surface area contributed by atoms with Crippen LogP contribution in [0.5, 0.6) is 0 Å². The Morgan fingerprint density at radius 3 is 3.10 bits per heavy atom. The zero-order valence-electron chi connectivity index (χ0n) is 12.0. The topological polar surface area (TPSA) is 45.2 Å². The average Bonchev–Trinajstić information content (AvgIpc) is 3.01. The van der Waals surface area contributed by atoms with E-state index >= 15 is 0 Å². The highest BCUT2D eigenvalue weighted by atomic mass is 16.2. The van der Waals surface area contributed by atoms with Gasteiger partial charge in [0.1, 0.15) is 0 Å². The minimum absolute atomic E-state index is 0.158. The van der Waals surface area contributed by atoms with E-state index in [0.717, 1.165) is 55.0 Å². The summed E-state index contributed by atoms with van der Waals surface area (Å²) in [4.78, 5) is 19.0. The van der Waals surface area contributed by atoms with Crippen LogP contribution in [0, 0.1) is 11.8 Å². The number of likely N-dealkylation sites (tertiary alicyclic amines) is 1. The Bertz CT molecular complexity index is 685. The van der Waals surface area contributed by atoms with Crippen molar-refractivity contribution in [3.8, 4) is 0 Å². The van der Waals surface area contributed by atoms with Crippen LogP contribution in [0.2, 0.25) is 0 Å². The minimum Gasteiger partial charge on any atom is -0.338 e. The van der Waals surface area contributed by atoms with Gasteiger partial charge in [-0.2, -0.15) is 0 Å². The number of hydrogen-bond donors (Lipinski definition) is 1. The number of rotatable bonds is 1. The highest BCUT2D eigenvalue weighted by Gasteiger charge is 2.34. The zero-order chi connectivity index (χ0) is 14.2. The van der Waals surface area contributed by atoms with Crippen LogP contribution in [0.3, 0.4) is 0 Å². The van der Waals surface area contributed by atoms with Crippen molar-refractivity contribution in [1.29, 1.82) is 0 Å². The molecule has 4 nitrogen and oxygen atoms in total. The van der Waals surface area contributed by atoms with E-state index in [4.69, 9.17) is 0 Å². The van der Waals surface area contributed by atoms with Crippen molar-refractivity contribution in [3.63, 3.8) is 0 Å². The summed E-state index contributed by atoms with van der Waals surface area (Å²) in [5.41, 5.74) is 1.72. The lowest BCUT2D eigenvalue weighted by Crippen LogP contribution is -2.43. The van der Waals surface area contributed by atoms with Crippen LogP contribution in [0.1, 0.15) is 16.8 Å². The second-order valence-corrected chi connectivity index (χ2v) is 6.13. The van der Waals surface area contributed by atoms with Gasteiger partial charge in [-0.05, 0) is 55.6 Å². The normalized spacial score (nSPS) is 25.0. The lowest BCUT2D eigenvalue weighted by atomic mass is 9.88. The van der Waals surface area contributed by atoms with Gasteiger partial charge in [0.05, 0.1) is 5.52 Å². The Morgan fingerprint density at radius 2 is 2.14 bits per heavy atom. The molecule has 4 heteroatoms. The van der Waals surface area contributed by atoms with Crippen LogP contribution in [-0.4, -0.2) is 42.0 Å². The third kappa shape index (κ3) is 2.29. The standard InChI is InChI=1S/C17H19N3O/c21-17(20-7-5-14-9-18-10-15(14)11-20)13-3-4-16-12(8-13)2-1-6-19-16/h1-4,6,8,14-15,18H,5,7,9-11H2. The first-order valence-electron chi connectivity index (χ1n) is 7.66. The third-order valence-electron chi connectivity index (χ3n) is 4.84. The molecular formula is C17H19N3O. The van der Waals surface area contributed by atoms with Crippen LogP contribution in [0.4, 0.5) is 0 Å². The lowest BCUT2D eigenvalue weighted by molar-refractivity contribution is 0.0642. The van der Waals surface area contributed by atoms with Crippen molar-refractivity contribution in [2.24, 2.45) is 11.8 Å². The molecule has 2 unspecified atom stereocenters. The zero-order valence-corrected chi connectivity index (χ0v) is 12.0. The molecule has 2 saturated heterocycles. The number of carbonyl (C=O) groups excluding carboxylic acids is 1. The summed E-state index contributed by atoms with van der Waals surface area (Å²) in [7, 11) is 0. The van der Waals surface area contributed by atoms with E-state index in [1.807, 2.05) is 35.2 Å². The number of pyridine rings is 1. The van der Waals surface area contributed by atoms with Gasteiger partial charge in [0.15, 0.2) is 0 Å². The molecule has 3 heterocycles. The fourth-order valence-corrected chi connectivity index (χ4v) is 3.61. The van der Waals surface area contributed by atoms with Gasteiger partial charge in [-0.25, -0.2) is 0 Å². The molecule has 2 fully saturated rings. The second kappa shape index (κ2) is 5.11. The number of fused-ring (bicyclic) bond motifs is 2. The summed E-state index contributed by atoms with van der Waals surface area (Å²) < 4.78 is 0. The Morgan fingerprint density at radius 1 is 1.24 bits per heavy atom. The van der Waals surface area contributed by atoms with Crippen LogP contribution in [-0.2, 0) is 0 Å². The van der Waals surface area contributed by atoms with E-state index in [2.05, 4.69) is 10.3 Å². The molecule has 2 aromatic rings. The molecule has 2 atom stereocenters. The van der Waals surface area contributed by atoms with E-state index in [-0.39, 0.29) is 5.91 Å². The number of nitrogens with one attached hydrogen (secondary N) is 1. The average molecular weight is 281 g/mol. The minimum atomic E-state index is 0.158. The Hall–Kier alpha value is -1.94. The maximum atomic E-state index is 12.7. The van der Waals surface area contributed by atoms with Crippen molar-refractivity contribution in [2.45, 2.75) is 6.42 Å². The maximum Gasteiger partial charge on any atom is 0.253 e. The van der Waals surface area contributed by atoms with Gasteiger partial charge in [0.2, 0.25) is 0 Å². The molecule has 1 aromatic carbocycles. The predicted octanol–water partition coefficient (Wildman–Crippen LogP) is 1.92. The van der Waals surface area contributed by atoms with Crippen molar-refractivity contribution >= 4 is 16.8 Å². The van der Waals surface area contributed by atoms with Gasteiger partial charge >= 0.3 is 0 Å². The smallest absolute Gasteiger partial charge is 0.253 e. The number of piperidine rings is 1.